The van der Waals surface area contributed by atoms with Gasteiger partial charge in [-0.25, -0.2) is 9.97 Å². The van der Waals surface area contributed by atoms with Gasteiger partial charge < -0.3 is 15.6 Å². The lowest BCUT2D eigenvalue weighted by Crippen LogP contribution is -2.26. The van der Waals surface area contributed by atoms with E-state index in [1.165, 1.54) is 18.4 Å². The number of nitrogen functional groups attached to an aromatic ring is 1. The van der Waals surface area contributed by atoms with Crippen molar-refractivity contribution in [2.45, 2.75) is 38.6 Å². The molecule has 0 unspecified atom stereocenters. The second-order valence-electron chi connectivity index (χ2n) is 8.33. The van der Waals surface area contributed by atoms with Crippen molar-refractivity contribution >= 4 is 33.9 Å². The van der Waals surface area contributed by atoms with Gasteiger partial charge in [0.2, 0.25) is 0 Å². The summed E-state index contributed by atoms with van der Waals surface area (Å²) in [6.07, 6.45) is 7.97. The van der Waals surface area contributed by atoms with Crippen LogP contribution < -0.4 is 11.1 Å². The maximum atomic E-state index is 13.2. The van der Waals surface area contributed by atoms with Crippen LogP contribution in [0.5, 0.6) is 0 Å². The number of amides is 1. The smallest absolute Gasteiger partial charge is 0.257 e. The van der Waals surface area contributed by atoms with Crippen molar-refractivity contribution in [1.29, 1.82) is 0 Å². The summed E-state index contributed by atoms with van der Waals surface area (Å²) in [5, 5.41) is 3.06. The standard InChI is InChI=1S/C26H27N5O/c27-24-22(26(32)28-16-15-18-9-3-1-4-10-18)23-25(30-21-14-8-7-13-20(21)29-23)31(24)17-19-11-5-2-6-12-19/h2,5-9,11-14H,1,3-4,10,15-17,27H2,(H,28,32). The molecule has 0 saturated heterocycles. The van der Waals surface area contributed by atoms with Crippen molar-refractivity contribution in [3.05, 3.63) is 77.4 Å². The molecule has 5 rings (SSSR count). The number of para-hydroxylation sites is 2. The molecule has 2 aromatic heterocycles. The Hall–Kier alpha value is -3.67. The van der Waals surface area contributed by atoms with Gasteiger partial charge in [-0.15, -0.1) is 0 Å². The van der Waals surface area contributed by atoms with Gasteiger partial charge in [0.15, 0.2) is 5.65 Å². The van der Waals surface area contributed by atoms with Gasteiger partial charge in [0.1, 0.15) is 16.9 Å². The zero-order chi connectivity index (χ0) is 21.9. The van der Waals surface area contributed by atoms with Crippen LogP contribution in [-0.4, -0.2) is 27.0 Å². The number of carbonyl (C=O) groups excluding carboxylic acids is 1. The van der Waals surface area contributed by atoms with Crippen LogP contribution in [0.2, 0.25) is 0 Å². The van der Waals surface area contributed by atoms with Crippen LogP contribution in [0.4, 0.5) is 5.82 Å². The predicted molar refractivity (Wildman–Crippen MR) is 128 cm³/mol. The van der Waals surface area contributed by atoms with Crippen molar-refractivity contribution in [3.63, 3.8) is 0 Å². The largest absolute Gasteiger partial charge is 0.384 e. The van der Waals surface area contributed by atoms with Crippen LogP contribution in [0.25, 0.3) is 22.2 Å². The van der Waals surface area contributed by atoms with Crippen LogP contribution in [0, 0.1) is 0 Å². The van der Waals surface area contributed by atoms with Gasteiger partial charge in [0.05, 0.1) is 17.6 Å². The van der Waals surface area contributed by atoms with Crippen molar-refractivity contribution in [2.75, 3.05) is 12.3 Å². The maximum Gasteiger partial charge on any atom is 0.257 e. The molecule has 1 aliphatic carbocycles. The van der Waals surface area contributed by atoms with Gasteiger partial charge >= 0.3 is 0 Å². The minimum Gasteiger partial charge on any atom is -0.384 e. The molecular weight excluding hydrogens is 398 g/mol. The van der Waals surface area contributed by atoms with Gasteiger partial charge in [-0.2, -0.15) is 0 Å². The van der Waals surface area contributed by atoms with Crippen molar-refractivity contribution in [2.24, 2.45) is 0 Å². The van der Waals surface area contributed by atoms with Gasteiger partial charge in [-0.1, -0.05) is 54.1 Å². The van der Waals surface area contributed by atoms with Gasteiger partial charge in [0.25, 0.3) is 5.91 Å². The molecule has 6 heteroatoms. The molecule has 162 valence electrons. The molecule has 1 amide bonds. The number of benzene rings is 2. The zero-order valence-electron chi connectivity index (χ0n) is 18.1. The Balaban J connectivity index is 1.51. The first-order chi connectivity index (χ1) is 15.7. The lowest BCUT2D eigenvalue weighted by molar-refractivity contribution is 0.0956. The quantitative estimate of drug-likeness (QED) is 0.433. The number of aromatic nitrogens is 3. The lowest BCUT2D eigenvalue weighted by Gasteiger charge is -2.13. The average Bonchev–Trinajstić information content (AvgIpc) is 3.09. The highest BCUT2D eigenvalue weighted by Crippen LogP contribution is 2.29. The summed E-state index contributed by atoms with van der Waals surface area (Å²) in [5.41, 5.74) is 12.2. The molecule has 0 bridgehead atoms. The number of allylic oxidation sites excluding steroid dienone is 1. The number of carbonyl (C=O) groups is 1. The summed E-state index contributed by atoms with van der Waals surface area (Å²) < 4.78 is 1.89. The molecule has 0 atom stereocenters. The third-order valence-corrected chi connectivity index (χ3v) is 6.12. The Morgan fingerprint density at radius 1 is 1.00 bits per heavy atom. The Kier molecular flexibility index (Phi) is 5.58. The average molecular weight is 426 g/mol. The molecule has 0 radical (unpaired) electrons. The lowest BCUT2D eigenvalue weighted by atomic mass is 9.97. The fourth-order valence-corrected chi connectivity index (χ4v) is 4.42. The van der Waals surface area contributed by atoms with Crippen LogP contribution in [0.15, 0.2) is 66.2 Å². The summed E-state index contributed by atoms with van der Waals surface area (Å²) in [6.45, 7) is 1.12. The van der Waals surface area contributed by atoms with Crippen molar-refractivity contribution in [3.8, 4) is 0 Å². The summed E-state index contributed by atoms with van der Waals surface area (Å²) in [6, 6.07) is 17.7. The van der Waals surface area contributed by atoms with E-state index in [0.29, 0.717) is 35.6 Å². The Morgan fingerprint density at radius 3 is 2.50 bits per heavy atom. The first kappa shape index (κ1) is 20.2. The number of rotatable bonds is 6. The van der Waals surface area contributed by atoms with E-state index < -0.39 is 0 Å². The van der Waals surface area contributed by atoms with E-state index in [1.807, 2.05) is 59.2 Å². The number of hydrogen-bond donors (Lipinski definition) is 2. The fourth-order valence-electron chi connectivity index (χ4n) is 4.42. The van der Waals surface area contributed by atoms with Gasteiger partial charge in [0, 0.05) is 6.54 Å². The summed E-state index contributed by atoms with van der Waals surface area (Å²) >= 11 is 0. The van der Waals surface area contributed by atoms with E-state index in [2.05, 4.69) is 11.4 Å². The summed E-state index contributed by atoms with van der Waals surface area (Å²) in [4.78, 5) is 22.8. The Morgan fingerprint density at radius 2 is 1.75 bits per heavy atom. The molecule has 0 saturated carbocycles. The highest BCUT2D eigenvalue weighted by Gasteiger charge is 2.24. The fraction of sp³-hybridized carbons (Fsp3) is 0.269. The molecule has 4 aromatic rings. The third kappa shape index (κ3) is 3.96. The van der Waals surface area contributed by atoms with E-state index >= 15 is 0 Å². The number of nitrogens with zero attached hydrogens (tertiary/aromatic N) is 3. The van der Waals surface area contributed by atoms with E-state index in [-0.39, 0.29) is 5.91 Å². The minimum atomic E-state index is -0.194. The molecule has 2 heterocycles. The molecular formula is C26H27N5O. The SMILES string of the molecule is Nc1c(C(=O)NCCC2=CCCCC2)c2nc3ccccc3nc2n1Cc1ccccc1. The number of fused-ring (bicyclic) bond motifs is 2. The van der Waals surface area contributed by atoms with E-state index in [9.17, 15) is 4.79 Å². The van der Waals surface area contributed by atoms with Crippen LogP contribution >= 0.6 is 0 Å². The van der Waals surface area contributed by atoms with Crippen LogP contribution in [0.3, 0.4) is 0 Å². The zero-order valence-corrected chi connectivity index (χ0v) is 18.1. The molecule has 1 aliphatic rings. The number of anilines is 1. The number of nitrogens with two attached hydrogens (primary N) is 1. The number of hydrogen-bond acceptors (Lipinski definition) is 4. The van der Waals surface area contributed by atoms with Crippen LogP contribution in [0.1, 0.15) is 48.0 Å². The van der Waals surface area contributed by atoms with E-state index in [0.717, 1.165) is 35.9 Å². The molecule has 6 nitrogen and oxygen atoms in total. The number of nitrogens with one attached hydrogen (secondary N) is 1. The topological polar surface area (TPSA) is 85.8 Å². The van der Waals surface area contributed by atoms with Gasteiger partial charge in [-0.05, 0) is 49.8 Å². The Labute approximate surface area is 187 Å². The normalized spacial score (nSPS) is 13.9. The van der Waals surface area contributed by atoms with Gasteiger partial charge in [-0.3, -0.25) is 4.79 Å². The maximum absolute atomic E-state index is 13.2. The highest BCUT2D eigenvalue weighted by molar-refractivity contribution is 6.10. The second-order valence-corrected chi connectivity index (χ2v) is 8.33. The van der Waals surface area contributed by atoms with Crippen LogP contribution in [-0.2, 0) is 6.54 Å². The monoisotopic (exact) mass is 425 g/mol. The minimum absolute atomic E-state index is 0.194. The van der Waals surface area contributed by atoms with Crippen molar-refractivity contribution < 1.29 is 4.79 Å². The molecule has 3 N–H and O–H groups in total. The first-order valence-electron chi connectivity index (χ1n) is 11.2. The van der Waals surface area contributed by atoms with Crippen molar-refractivity contribution in [1.82, 2.24) is 19.9 Å². The molecule has 32 heavy (non-hydrogen) atoms. The molecule has 0 spiro atoms. The third-order valence-electron chi connectivity index (χ3n) is 6.12. The van der Waals surface area contributed by atoms with E-state index in [1.54, 1.807) is 0 Å². The molecule has 2 aromatic carbocycles. The summed E-state index contributed by atoms with van der Waals surface area (Å²) in [5.74, 6) is 0.203. The highest BCUT2D eigenvalue weighted by atomic mass is 16.1. The molecule has 0 fully saturated rings. The summed E-state index contributed by atoms with van der Waals surface area (Å²) in [7, 11) is 0. The van der Waals surface area contributed by atoms with E-state index in [4.69, 9.17) is 15.7 Å². The molecule has 0 aliphatic heterocycles. The predicted octanol–water partition coefficient (Wildman–Crippen LogP) is 4.84. The Bertz CT molecular complexity index is 1310. The second kappa shape index (κ2) is 8.83. The first-order valence-corrected chi connectivity index (χ1v) is 11.2.